The van der Waals surface area contributed by atoms with Crippen molar-refractivity contribution in [2.75, 3.05) is 44.2 Å². The second-order valence-electron chi connectivity index (χ2n) is 7.37. The number of anilines is 1. The minimum Gasteiger partial charge on any atom is -0.355 e. The highest BCUT2D eigenvalue weighted by Crippen LogP contribution is 2.29. The summed E-state index contributed by atoms with van der Waals surface area (Å²) in [5.41, 5.74) is 0.708. The van der Waals surface area contributed by atoms with Crippen LogP contribution in [-0.2, 0) is 11.0 Å². The largest absolute Gasteiger partial charge is 0.417 e. The molecule has 1 aromatic heterocycles. The van der Waals surface area contributed by atoms with E-state index >= 15 is 0 Å². The number of piperazine rings is 1. The van der Waals surface area contributed by atoms with Crippen molar-refractivity contribution in [2.24, 2.45) is 0 Å². The Labute approximate surface area is 163 Å². The molecule has 1 aromatic rings. The molecule has 0 aromatic carbocycles. The number of nitrogens with one attached hydrogen (secondary N) is 1. The van der Waals surface area contributed by atoms with Crippen molar-refractivity contribution in [2.45, 2.75) is 38.3 Å². The fraction of sp³-hybridized carbons (Fsp3) is 0.600. The van der Waals surface area contributed by atoms with Gasteiger partial charge in [-0.1, -0.05) is 11.6 Å². The molecule has 2 heterocycles. The maximum atomic E-state index is 12.6. The van der Waals surface area contributed by atoms with Crippen molar-refractivity contribution >= 4 is 11.7 Å². The molecule has 28 heavy (non-hydrogen) atoms. The number of rotatable bonds is 6. The molecule has 1 aliphatic heterocycles. The third-order valence-corrected chi connectivity index (χ3v) is 5.29. The first-order chi connectivity index (χ1) is 13.4. The van der Waals surface area contributed by atoms with Gasteiger partial charge in [0, 0.05) is 38.9 Å². The summed E-state index contributed by atoms with van der Waals surface area (Å²) in [6.07, 6.45) is 4.55. The summed E-state index contributed by atoms with van der Waals surface area (Å²) in [6, 6.07) is 2.47. The topological polar surface area (TPSA) is 48.5 Å². The minimum atomic E-state index is -4.37. The van der Waals surface area contributed by atoms with Gasteiger partial charge in [-0.25, -0.2) is 4.98 Å². The standard InChI is InChI=1S/C20H27F3N4O/c21-20(22,23)17-6-7-18(25-14-17)27-12-10-26(11-13-27)15-19(28)24-9-8-16-4-2-1-3-5-16/h4,6-7,14H,1-3,5,8-13,15H2,(H,24,28). The molecule has 1 amide bonds. The SMILES string of the molecule is O=C(CN1CCN(c2ccc(C(F)(F)F)cn2)CC1)NCCC1=CCCCC1. The van der Waals surface area contributed by atoms with E-state index in [0.717, 1.165) is 31.5 Å². The highest BCUT2D eigenvalue weighted by molar-refractivity contribution is 5.78. The minimum absolute atomic E-state index is 0.0255. The Hall–Kier alpha value is -2.09. The number of carbonyl (C=O) groups is 1. The molecular formula is C20H27F3N4O. The van der Waals surface area contributed by atoms with E-state index < -0.39 is 11.7 Å². The number of allylic oxidation sites excluding steroid dienone is 1. The number of aromatic nitrogens is 1. The first-order valence-electron chi connectivity index (χ1n) is 9.87. The highest BCUT2D eigenvalue weighted by atomic mass is 19.4. The fourth-order valence-corrected chi connectivity index (χ4v) is 3.63. The van der Waals surface area contributed by atoms with Crippen molar-refractivity contribution in [1.29, 1.82) is 0 Å². The number of nitrogens with zero attached hydrogens (tertiary/aromatic N) is 3. The zero-order valence-electron chi connectivity index (χ0n) is 16.0. The maximum Gasteiger partial charge on any atom is 0.417 e. The van der Waals surface area contributed by atoms with E-state index in [1.54, 1.807) is 0 Å². The molecule has 1 fully saturated rings. The van der Waals surface area contributed by atoms with Crippen LogP contribution in [0.2, 0.25) is 0 Å². The van der Waals surface area contributed by atoms with Crippen LogP contribution in [0.1, 0.15) is 37.7 Å². The number of carbonyl (C=O) groups excluding carboxylic acids is 1. The number of halogens is 3. The van der Waals surface area contributed by atoms with Crippen LogP contribution in [-0.4, -0.2) is 55.1 Å². The predicted octanol–water partition coefficient (Wildman–Crippen LogP) is 3.23. The van der Waals surface area contributed by atoms with Gasteiger partial charge in [0.15, 0.2) is 0 Å². The number of hydrogen-bond donors (Lipinski definition) is 1. The lowest BCUT2D eigenvalue weighted by Gasteiger charge is -2.35. The lowest BCUT2D eigenvalue weighted by Crippen LogP contribution is -2.49. The molecule has 8 heteroatoms. The van der Waals surface area contributed by atoms with Gasteiger partial charge in [0.1, 0.15) is 5.82 Å². The van der Waals surface area contributed by atoms with Crippen molar-refractivity contribution in [1.82, 2.24) is 15.2 Å². The summed E-state index contributed by atoms with van der Waals surface area (Å²) in [6.45, 7) is 3.67. The maximum absolute atomic E-state index is 12.6. The van der Waals surface area contributed by atoms with Gasteiger partial charge in [-0.3, -0.25) is 9.69 Å². The summed E-state index contributed by atoms with van der Waals surface area (Å²) >= 11 is 0. The lowest BCUT2D eigenvalue weighted by molar-refractivity contribution is -0.137. The van der Waals surface area contributed by atoms with E-state index in [1.165, 1.54) is 24.5 Å². The van der Waals surface area contributed by atoms with Crippen molar-refractivity contribution in [3.8, 4) is 0 Å². The molecule has 1 saturated heterocycles. The monoisotopic (exact) mass is 396 g/mol. The second-order valence-corrected chi connectivity index (χ2v) is 7.37. The molecule has 0 saturated carbocycles. The van der Waals surface area contributed by atoms with Gasteiger partial charge < -0.3 is 10.2 Å². The summed E-state index contributed by atoms with van der Waals surface area (Å²) < 4.78 is 37.9. The Balaban J connectivity index is 1.37. The third-order valence-electron chi connectivity index (χ3n) is 5.29. The summed E-state index contributed by atoms with van der Waals surface area (Å²) in [7, 11) is 0. The molecule has 0 atom stereocenters. The average molecular weight is 396 g/mol. The first kappa shape index (κ1) is 20.6. The molecule has 1 aliphatic carbocycles. The highest BCUT2D eigenvalue weighted by Gasteiger charge is 2.31. The van der Waals surface area contributed by atoms with Gasteiger partial charge in [-0.15, -0.1) is 0 Å². The lowest BCUT2D eigenvalue weighted by atomic mass is 9.97. The van der Waals surface area contributed by atoms with Gasteiger partial charge in [0.2, 0.25) is 5.91 Å². The second kappa shape index (κ2) is 9.41. The molecule has 2 aliphatic rings. The molecule has 0 bridgehead atoms. The molecule has 0 unspecified atom stereocenters. The Morgan fingerprint density at radius 3 is 2.54 bits per heavy atom. The smallest absolute Gasteiger partial charge is 0.355 e. The average Bonchev–Trinajstić information content (AvgIpc) is 2.69. The zero-order chi connectivity index (χ0) is 20.0. The van der Waals surface area contributed by atoms with Gasteiger partial charge in [-0.2, -0.15) is 13.2 Å². The molecule has 1 N–H and O–H groups in total. The van der Waals surface area contributed by atoms with Gasteiger partial charge in [-0.05, 0) is 44.2 Å². The number of amides is 1. The Morgan fingerprint density at radius 2 is 1.93 bits per heavy atom. The van der Waals surface area contributed by atoms with Gasteiger partial charge in [0.25, 0.3) is 0 Å². The summed E-state index contributed by atoms with van der Waals surface area (Å²) in [4.78, 5) is 20.1. The molecule has 154 valence electrons. The summed E-state index contributed by atoms with van der Waals surface area (Å²) in [5, 5.41) is 2.99. The zero-order valence-corrected chi connectivity index (χ0v) is 16.0. The van der Waals surface area contributed by atoms with E-state index in [2.05, 4.69) is 21.3 Å². The number of pyridine rings is 1. The van der Waals surface area contributed by atoms with Crippen molar-refractivity contribution in [3.05, 3.63) is 35.5 Å². The van der Waals surface area contributed by atoms with Crippen LogP contribution in [0.25, 0.3) is 0 Å². The van der Waals surface area contributed by atoms with Crippen LogP contribution in [0.5, 0.6) is 0 Å². The molecule has 5 nitrogen and oxygen atoms in total. The molecular weight excluding hydrogens is 369 g/mol. The Morgan fingerprint density at radius 1 is 1.14 bits per heavy atom. The van der Waals surface area contributed by atoms with Crippen LogP contribution in [0.15, 0.2) is 30.0 Å². The van der Waals surface area contributed by atoms with E-state index in [9.17, 15) is 18.0 Å². The molecule has 3 rings (SSSR count). The van der Waals surface area contributed by atoms with Crippen LogP contribution in [0.4, 0.5) is 19.0 Å². The Bertz CT molecular complexity index is 680. The summed E-state index contributed by atoms with van der Waals surface area (Å²) in [5.74, 6) is 0.565. The van der Waals surface area contributed by atoms with Crippen LogP contribution >= 0.6 is 0 Å². The van der Waals surface area contributed by atoms with E-state index in [-0.39, 0.29) is 5.91 Å². The van der Waals surface area contributed by atoms with Gasteiger partial charge >= 0.3 is 6.18 Å². The van der Waals surface area contributed by atoms with Crippen LogP contribution in [0.3, 0.4) is 0 Å². The predicted molar refractivity (Wildman–Crippen MR) is 102 cm³/mol. The quantitative estimate of drug-likeness (QED) is 0.750. The van der Waals surface area contributed by atoms with E-state index in [4.69, 9.17) is 0 Å². The van der Waals surface area contributed by atoms with E-state index in [1.807, 2.05) is 4.90 Å². The number of hydrogen-bond acceptors (Lipinski definition) is 4. The molecule has 0 radical (unpaired) electrons. The van der Waals surface area contributed by atoms with Crippen LogP contribution < -0.4 is 10.2 Å². The number of alkyl halides is 3. The van der Waals surface area contributed by atoms with Crippen molar-refractivity contribution < 1.29 is 18.0 Å². The third kappa shape index (κ3) is 5.95. The Kier molecular flexibility index (Phi) is 6.93. The fourth-order valence-electron chi connectivity index (χ4n) is 3.63. The van der Waals surface area contributed by atoms with Gasteiger partial charge in [0.05, 0.1) is 12.1 Å². The van der Waals surface area contributed by atoms with Crippen molar-refractivity contribution in [3.63, 3.8) is 0 Å². The first-order valence-corrected chi connectivity index (χ1v) is 9.87. The van der Waals surface area contributed by atoms with E-state index in [0.29, 0.717) is 45.1 Å². The van der Waals surface area contributed by atoms with Crippen LogP contribution in [0, 0.1) is 0 Å². The normalized spacial score (nSPS) is 18.7. The molecule has 0 spiro atoms.